The molecule has 0 saturated carbocycles. The van der Waals surface area contributed by atoms with E-state index in [1.807, 2.05) is 6.92 Å². The fourth-order valence-corrected chi connectivity index (χ4v) is 2.69. The molecule has 2 rings (SSSR count). The van der Waals surface area contributed by atoms with Crippen LogP contribution in [0.4, 0.5) is 13.2 Å². The monoisotopic (exact) mass is 367 g/mol. The van der Waals surface area contributed by atoms with Crippen molar-refractivity contribution in [3.05, 3.63) is 53.1 Å². The van der Waals surface area contributed by atoms with Crippen LogP contribution in [-0.2, 0) is 23.9 Å². The molecule has 0 aliphatic carbocycles. The van der Waals surface area contributed by atoms with Crippen LogP contribution in [0, 0.1) is 0 Å². The summed E-state index contributed by atoms with van der Waals surface area (Å²) in [5, 5.41) is 12.0. The van der Waals surface area contributed by atoms with Gasteiger partial charge in [-0.25, -0.2) is 0 Å². The summed E-state index contributed by atoms with van der Waals surface area (Å²) in [6.07, 6.45) is -4.62. The predicted molar refractivity (Wildman–Crippen MR) is 92.2 cm³/mol. The lowest BCUT2D eigenvalue weighted by atomic mass is 9.94. The standard InChI is InChI=1S/C19H20F3NO3/c1-3-23-11-13-10-14(19(20,21)22)5-6-15(13)16-8-12(9-18(24)25)4-7-17(16)26-2/h4-8,10,23H,3,9,11H2,1-2H3,(H,24,25). The Bertz CT molecular complexity index is 788. The summed E-state index contributed by atoms with van der Waals surface area (Å²) in [5.41, 5.74) is 1.42. The quantitative estimate of drug-likeness (QED) is 0.773. The molecule has 0 aliphatic rings. The first-order chi connectivity index (χ1) is 12.3. The van der Waals surface area contributed by atoms with E-state index in [1.165, 1.54) is 13.2 Å². The Labute approximate surface area is 149 Å². The minimum Gasteiger partial charge on any atom is -0.496 e. The van der Waals surface area contributed by atoms with Crippen molar-refractivity contribution in [3.8, 4) is 16.9 Å². The summed E-state index contributed by atoms with van der Waals surface area (Å²) in [6.45, 7) is 2.72. The van der Waals surface area contributed by atoms with Crippen LogP contribution in [0.15, 0.2) is 36.4 Å². The van der Waals surface area contributed by atoms with E-state index >= 15 is 0 Å². The number of hydrogen-bond donors (Lipinski definition) is 2. The van der Waals surface area contributed by atoms with Gasteiger partial charge in [-0.15, -0.1) is 0 Å². The molecule has 0 spiro atoms. The molecule has 2 N–H and O–H groups in total. The Balaban J connectivity index is 2.59. The number of nitrogens with one attached hydrogen (secondary N) is 1. The van der Waals surface area contributed by atoms with Gasteiger partial charge in [0.2, 0.25) is 0 Å². The smallest absolute Gasteiger partial charge is 0.416 e. The van der Waals surface area contributed by atoms with Gasteiger partial charge >= 0.3 is 12.1 Å². The lowest BCUT2D eigenvalue weighted by Crippen LogP contribution is -2.14. The molecule has 7 heteroatoms. The zero-order chi connectivity index (χ0) is 19.3. The van der Waals surface area contributed by atoms with Crippen molar-refractivity contribution < 1.29 is 27.8 Å². The zero-order valence-corrected chi connectivity index (χ0v) is 14.5. The summed E-state index contributed by atoms with van der Waals surface area (Å²) < 4.78 is 44.5. The molecular formula is C19H20F3NO3. The van der Waals surface area contributed by atoms with Crippen molar-refractivity contribution in [3.63, 3.8) is 0 Å². The van der Waals surface area contributed by atoms with Crippen LogP contribution in [0.25, 0.3) is 11.1 Å². The maximum absolute atomic E-state index is 13.1. The SMILES string of the molecule is CCNCc1cc(C(F)(F)F)ccc1-c1cc(CC(=O)O)ccc1OC. The Morgan fingerprint density at radius 2 is 1.88 bits per heavy atom. The van der Waals surface area contributed by atoms with Crippen molar-refractivity contribution in [1.82, 2.24) is 5.32 Å². The predicted octanol–water partition coefficient (Wildman–Crippen LogP) is 4.12. The highest BCUT2D eigenvalue weighted by molar-refractivity contribution is 5.77. The lowest BCUT2D eigenvalue weighted by molar-refractivity contribution is -0.138. The van der Waals surface area contributed by atoms with Gasteiger partial charge in [-0.05, 0) is 47.5 Å². The highest BCUT2D eigenvalue weighted by Crippen LogP contribution is 2.37. The van der Waals surface area contributed by atoms with Gasteiger partial charge < -0.3 is 15.2 Å². The number of alkyl halides is 3. The van der Waals surface area contributed by atoms with E-state index in [-0.39, 0.29) is 13.0 Å². The van der Waals surface area contributed by atoms with Crippen LogP contribution >= 0.6 is 0 Å². The zero-order valence-electron chi connectivity index (χ0n) is 14.5. The molecule has 2 aromatic carbocycles. The van der Waals surface area contributed by atoms with Crippen LogP contribution < -0.4 is 10.1 Å². The third-order valence-corrected chi connectivity index (χ3v) is 3.91. The third kappa shape index (κ3) is 4.76. The molecule has 2 aromatic rings. The molecule has 0 amide bonds. The van der Waals surface area contributed by atoms with E-state index < -0.39 is 17.7 Å². The molecule has 0 atom stereocenters. The summed E-state index contributed by atoms with van der Waals surface area (Å²) >= 11 is 0. The van der Waals surface area contributed by atoms with Crippen molar-refractivity contribution in [2.45, 2.75) is 26.1 Å². The van der Waals surface area contributed by atoms with Gasteiger partial charge in [0.1, 0.15) is 5.75 Å². The van der Waals surface area contributed by atoms with E-state index in [2.05, 4.69) is 5.32 Å². The molecule has 4 nitrogen and oxygen atoms in total. The topological polar surface area (TPSA) is 58.6 Å². The number of aliphatic carboxylic acids is 1. The van der Waals surface area contributed by atoms with Crippen molar-refractivity contribution in [1.29, 1.82) is 0 Å². The van der Waals surface area contributed by atoms with Crippen LogP contribution in [0.1, 0.15) is 23.6 Å². The van der Waals surface area contributed by atoms with E-state index in [0.717, 1.165) is 12.1 Å². The van der Waals surface area contributed by atoms with Gasteiger partial charge in [-0.3, -0.25) is 4.79 Å². The molecule has 0 aliphatic heterocycles. The van der Waals surface area contributed by atoms with Gasteiger partial charge in [0.15, 0.2) is 0 Å². The molecule has 0 heterocycles. The Morgan fingerprint density at radius 3 is 2.46 bits per heavy atom. The number of rotatable bonds is 7. The van der Waals surface area contributed by atoms with E-state index in [4.69, 9.17) is 9.84 Å². The normalized spacial score (nSPS) is 11.4. The number of halogens is 3. The Morgan fingerprint density at radius 1 is 1.15 bits per heavy atom. The van der Waals surface area contributed by atoms with Crippen LogP contribution in [0.3, 0.4) is 0 Å². The van der Waals surface area contributed by atoms with Crippen LogP contribution in [0.5, 0.6) is 5.75 Å². The largest absolute Gasteiger partial charge is 0.496 e. The van der Waals surface area contributed by atoms with Gasteiger partial charge in [-0.2, -0.15) is 13.2 Å². The number of methoxy groups -OCH3 is 1. The first kappa shape index (κ1) is 19.8. The minimum absolute atomic E-state index is 0.180. The summed E-state index contributed by atoms with van der Waals surface area (Å²) in [4.78, 5) is 11.0. The Hall–Kier alpha value is -2.54. The minimum atomic E-state index is -4.44. The summed E-state index contributed by atoms with van der Waals surface area (Å²) in [5.74, 6) is -0.516. The second-order valence-corrected chi connectivity index (χ2v) is 5.76. The molecule has 0 aromatic heterocycles. The van der Waals surface area contributed by atoms with Crippen LogP contribution in [-0.4, -0.2) is 24.7 Å². The molecule has 0 bridgehead atoms. The van der Waals surface area contributed by atoms with E-state index in [1.54, 1.807) is 18.2 Å². The number of carboxylic acids is 1. The number of benzene rings is 2. The molecule has 140 valence electrons. The number of hydrogen-bond acceptors (Lipinski definition) is 3. The van der Waals surface area contributed by atoms with Crippen molar-refractivity contribution >= 4 is 5.97 Å². The van der Waals surface area contributed by atoms with Gasteiger partial charge in [0.05, 0.1) is 19.1 Å². The summed E-state index contributed by atoms with van der Waals surface area (Å²) in [7, 11) is 1.46. The van der Waals surface area contributed by atoms with E-state index in [9.17, 15) is 18.0 Å². The van der Waals surface area contributed by atoms with Crippen LogP contribution in [0.2, 0.25) is 0 Å². The Kier molecular flexibility index (Phi) is 6.26. The lowest BCUT2D eigenvalue weighted by Gasteiger charge is -2.17. The number of ether oxygens (including phenoxy) is 1. The van der Waals surface area contributed by atoms with Gasteiger partial charge in [-0.1, -0.05) is 19.1 Å². The molecule has 0 radical (unpaired) electrons. The second-order valence-electron chi connectivity index (χ2n) is 5.76. The molecule has 0 saturated heterocycles. The first-order valence-corrected chi connectivity index (χ1v) is 8.06. The average Bonchev–Trinajstić information content (AvgIpc) is 2.58. The van der Waals surface area contributed by atoms with Gasteiger partial charge in [0, 0.05) is 12.1 Å². The van der Waals surface area contributed by atoms with Gasteiger partial charge in [0.25, 0.3) is 0 Å². The highest BCUT2D eigenvalue weighted by Gasteiger charge is 2.31. The number of carbonyl (C=O) groups is 1. The first-order valence-electron chi connectivity index (χ1n) is 8.06. The summed E-state index contributed by atoms with van der Waals surface area (Å²) in [6, 6.07) is 8.44. The molecule has 0 fully saturated rings. The number of carboxylic acid groups (broad SMARTS) is 1. The van der Waals surface area contributed by atoms with E-state index in [0.29, 0.717) is 34.5 Å². The molecule has 26 heavy (non-hydrogen) atoms. The highest BCUT2D eigenvalue weighted by atomic mass is 19.4. The third-order valence-electron chi connectivity index (χ3n) is 3.91. The van der Waals surface area contributed by atoms with Crippen molar-refractivity contribution in [2.75, 3.05) is 13.7 Å². The molecular weight excluding hydrogens is 347 g/mol. The fourth-order valence-electron chi connectivity index (χ4n) is 2.69. The van der Waals surface area contributed by atoms with Crippen molar-refractivity contribution in [2.24, 2.45) is 0 Å². The molecule has 0 unspecified atom stereocenters. The maximum Gasteiger partial charge on any atom is 0.416 e. The average molecular weight is 367 g/mol. The second kappa shape index (κ2) is 8.23. The fraction of sp³-hybridized carbons (Fsp3) is 0.316. The maximum atomic E-state index is 13.1.